The van der Waals surface area contributed by atoms with Crippen molar-refractivity contribution in [3.05, 3.63) is 71.8 Å². The average molecular weight is 374 g/mol. The monoisotopic (exact) mass is 373 g/mol. The summed E-state index contributed by atoms with van der Waals surface area (Å²) in [4.78, 5) is 2.48. The van der Waals surface area contributed by atoms with Crippen molar-refractivity contribution in [2.75, 3.05) is 5.32 Å². The number of fused-ring (bicyclic) bond motifs is 2. The van der Waals surface area contributed by atoms with Gasteiger partial charge in [-0.1, -0.05) is 41.6 Å². The van der Waals surface area contributed by atoms with E-state index >= 15 is 0 Å². The maximum absolute atomic E-state index is 12.8. The van der Waals surface area contributed by atoms with E-state index in [-0.39, 0.29) is 0 Å². The van der Waals surface area contributed by atoms with Crippen LogP contribution in [0.5, 0.6) is 0 Å². The lowest BCUT2D eigenvalue weighted by Gasteiger charge is -2.21. The smallest absolute Gasteiger partial charge is 0.206 e. The van der Waals surface area contributed by atoms with Gasteiger partial charge >= 0.3 is 0 Å². The molecule has 1 heterocycles. The molecule has 0 spiro atoms. The van der Waals surface area contributed by atoms with E-state index in [1.54, 1.807) is 48.5 Å². The fourth-order valence-corrected chi connectivity index (χ4v) is 5.11. The van der Waals surface area contributed by atoms with E-state index in [0.717, 1.165) is 21.2 Å². The number of benzene rings is 3. The van der Waals surface area contributed by atoms with Crippen molar-refractivity contribution in [1.29, 1.82) is 0 Å². The van der Waals surface area contributed by atoms with Crippen molar-refractivity contribution in [2.24, 2.45) is 0 Å². The third-order valence-electron chi connectivity index (χ3n) is 3.75. The van der Waals surface area contributed by atoms with E-state index in [9.17, 15) is 8.42 Å². The fraction of sp³-hybridized carbons (Fsp3) is 0. The zero-order valence-electron chi connectivity index (χ0n) is 12.4. The van der Waals surface area contributed by atoms with E-state index in [2.05, 4.69) is 5.32 Å². The summed E-state index contributed by atoms with van der Waals surface area (Å²) < 4.78 is 25.5. The molecule has 0 atom stereocenters. The number of rotatable bonds is 2. The summed E-state index contributed by atoms with van der Waals surface area (Å²) in [7, 11) is -3.52. The second-order valence-corrected chi connectivity index (χ2v) is 8.81. The quantitative estimate of drug-likeness (QED) is 0.512. The molecule has 1 aliphatic rings. The second kappa shape index (κ2) is 5.84. The van der Waals surface area contributed by atoms with Crippen molar-refractivity contribution in [3.63, 3.8) is 0 Å². The Morgan fingerprint density at radius 2 is 1.58 bits per heavy atom. The van der Waals surface area contributed by atoms with E-state index in [1.165, 1.54) is 11.8 Å². The number of anilines is 2. The van der Waals surface area contributed by atoms with Gasteiger partial charge in [-0.05, 0) is 48.5 Å². The van der Waals surface area contributed by atoms with Crippen molar-refractivity contribution in [3.8, 4) is 0 Å². The van der Waals surface area contributed by atoms with Gasteiger partial charge in [0.05, 0.1) is 21.2 Å². The lowest BCUT2D eigenvalue weighted by molar-refractivity contribution is 0.596. The van der Waals surface area contributed by atoms with Crippen LogP contribution < -0.4 is 5.32 Å². The van der Waals surface area contributed by atoms with Crippen LogP contribution in [-0.4, -0.2) is 8.42 Å². The molecule has 0 fully saturated rings. The Labute approximate surface area is 149 Å². The van der Waals surface area contributed by atoms with E-state index < -0.39 is 9.84 Å². The van der Waals surface area contributed by atoms with Crippen LogP contribution in [-0.2, 0) is 9.84 Å². The van der Waals surface area contributed by atoms with Crippen molar-refractivity contribution in [2.45, 2.75) is 19.6 Å². The Morgan fingerprint density at radius 3 is 2.38 bits per heavy atom. The van der Waals surface area contributed by atoms with Crippen LogP contribution >= 0.6 is 23.4 Å². The minimum Gasteiger partial charge on any atom is -0.354 e. The standard InChI is InChI=1S/C18H12ClNO2S2/c19-12-6-9-17-16(10-12)20-15-8-7-14(11-18(15)23-17)24(21,22)13-4-2-1-3-5-13/h1-11,20H. The van der Waals surface area contributed by atoms with Gasteiger partial charge in [0.15, 0.2) is 0 Å². The van der Waals surface area contributed by atoms with Gasteiger partial charge in [0.1, 0.15) is 0 Å². The molecule has 0 bridgehead atoms. The first-order valence-corrected chi connectivity index (χ1v) is 9.90. The first-order chi connectivity index (χ1) is 11.5. The number of nitrogens with one attached hydrogen (secondary N) is 1. The van der Waals surface area contributed by atoms with E-state index in [0.29, 0.717) is 14.8 Å². The highest BCUT2D eigenvalue weighted by Gasteiger charge is 2.22. The molecule has 24 heavy (non-hydrogen) atoms. The molecular weight excluding hydrogens is 362 g/mol. The molecule has 0 saturated heterocycles. The Kier molecular flexibility index (Phi) is 3.79. The third kappa shape index (κ3) is 2.69. The van der Waals surface area contributed by atoms with Crippen LogP contribution in [0.4, 0.5) is 11.4 Å². The van der Waals surface area contributed by atoms with Crippen LogP contribution in [0.2, 0.25) is 5.02 Å². The van der Waals surface area contributed by atoms with Gasteiger partial charge in [-0.25, -0.2) is 8.42 Å². The number of hydrogen-bond donors (Lipinski definition) is 1. The lowest BCUT2D eigenvalue weighted by atomic mass is 10.2. The summed E-state index contributed by atoms with van der Waals surface area (Å²) in [5.74, 6) is 0. The van der Waals surface area contributed by atoms with Gasteiger partial charge in [-0.2, -0.15) is 0 Å². The first kappa shape index (κ1) is 15.6. The summed E-state index contributed by atoms with van der Waals surface area (Å²) in [6.45, 7) is 0. The molecule has 3 aromatic rings. The summed E-state index contributed by atoms with van der Waals surface area (Å²) in [6, 6.07) is 19.2. The highest BCUT2D eigenvalue weighted by molar-refractivity contribution is 7.99. The molecule has 0 aromatic heterocycles. The Balaban J connectivity index is 1.76. The molecule has 3 nitrogen and oxygen atoms in total. The number of hydrogen-bond acceptors (Lipinski definition) is 4. The molecule has 1 aliphatic heterocycles. The topological polar surface area (TPSA) is 46.2 Å². The number of sulfone groups is 1. The maximum atomic E-state index is 12.8. The Morgan fingerprint density at radius 1 is 0.792 bits per heavy atom. The summed E-state index contributed by atoms with van der Waals surface area (Å²) in [5, 5.41) is 3.96. The molecule has 0 unspecified atom stereocenters. The zero-order valence-corrected chi connectivity index (χ0v) is 14.8. The molecule has 120 valence electrons. The Bertz CT molecular complexity index is 1030. The van der Waals surface area contributed by atoms with E-state index in [1.807, 2.05) is 18.2 Å². The molecule has 4 rings (SSSR count). The SMILES string of the molecule is O=S(=O)(c1ccccc1)c1ccc2c(c1)Sc1ccc(Cl)cc1N2. The highest BCUT2D eigenvalue weighted by Crippen LogP contribution is 2.45. The molecule has 0 aliphatic carbocycles. The molecule has 0 amide bonds. The van der Waals surface area contributed by atoms with Crippen molar-refractivity contribution >= 4 is 44.6 Å². The molecule has 3 aromatic carbocycles. The molecule has 0 radical (unpaired) electrons. The van der Waals surface area contributed by atoms with Crippen LogP contribution in [0.15, 0.2) is 86.3 Å². The average Bonchev–Trinajstić information content (AvgIpc) is 2.60. The van der Waals surface area contributed by atoms with Gasteiger partial charge in [-0.15, -0.1) is 0 Å². The number of halogens is 1. The van der Waals surface area contributed by atoms with Gasteiger partial charge in [0.2, 0.25) is 9.84 Å². The summed E-state index contributed by atoms with van der Waals surface area (Å²) in [6.07, 6.45) is 0. The van der Waals surface area contributed by atoms with E-state index in [4.69, 9.17) is 11.6 Å². The van der Waals surface area contributed by atoms with Gasteiger partial charge in [0, 0.05) is 14.8 Å². The third-order valence-corrected chi connectivity index (χ3v) is 6.88. The molecule has 6 heteroatoms. The normalized spacial score (nSPS) is 12.9. The fourth-order valence-electron chi connectivity index (χ4n) is 2.55. The predicted octanol–water partition coefficient (Wildman–Crippen LogP) is 5.38. The van der Waals surface area contributed by atoms with Crippen LogP contribution in [0.3, 0.4) is 0 Å². The molecular formula is C18H12ClNO2S2. The van der Waals surface area contributed by atoms with Gasteiger partial charge < -0.3 is 5.32 Å². The van der Waals surface area contributed by atoms with Gasteiger partial charge in [0.25, 0.3) is 0 Å². The minimum absolute atomic E-state index is 0.291. The van der Waals surface area contributed by atoms with Crippen LogP contribution in [0.1, 0.15) is 0 Å². The molecule has 0 saturated carbocycles. The largest absolute Gasteiger partial charge is 0.354 e. The van der Waals surface area contributed by atoms with Crippen molar-refractivity contribution in [1.82, 2.24) is 0 Å². The summed E-state index contributed by atoms with van der Waals surface area (Å²) in [5.41, 5.74) is 1.81. The summed E-state index contributed by atoms with van der Waals surface area (Å²) >= 11 is 7.56. The van der Waals surface area contributed by atoms with Gasteiger partial charge in [-0.3, -0.25) is 0 Å². The second-order valence-electron chi connectivity index (χ2n) is 5.34. The first-order valence-electron chi connectivity index (χ1n) is 7.23. The Hall–Kier alpha value is -1.95. The van der Waals surface area contributed by atoms with Crippen LogP contribution in [0, 0.1) is 0 Å². The molecule has 1 N–H and O–H groups in total. The maximum Gasteiger partial charge on any atom is 0.206 e. The minimum atomic E-state index is -3.52. The lowest BCUT2D eigenvalue weighted by Crippen LogP contribution is -2.04. The highest BCUT2D eigenvalue weighted by atomic mass is 35.5. The van der Waals surface area contributed by atoms with Crippen LogP contribution in [0.25, 0.3) is 0 Å². The zero-order chi connectivity index (χ0) is 16.7. The predicted molar refractivity (Wildman–Crippen MR) is 97.2 cm³/mol. The van der Waals surface area contributed by atoms with Crippen molar-refractivity contribution < 1.29 is 8.42 Å².